The van der Waals surface area contributed by atoms with Gasteiger partial charge in [0.1, 0.15) is 11.5 Å². The van der Waals surface area contributed by atoms with Gasteiger partial charge in [-0.1, -0.05) is 19.6 Å². The summed E-state index contributed by atoms with van der Waals surface area (Å²) in [5, 5.41) is 10.8. The highest BCUT2D eigenvalue weighted by Gasteiger charge is 2.60. The molecular weight excluding hydrogens is 1040 g/mol. The van der Waals surface area contributed by atoms with Crippen LogP contribution in [-0.2, 0) is 27.3 Å². The second kappa shape index (κ2) is 25.8. The van der Waals surface area contributed by atoms with Gasteiger partial charge < -0.3 is 48.8 Å². The van der Waals surface area contributed by atoms with Crippen molar-refractivity contribution in [1.29, 1.82) is 0 Å². The molecule has 2 aromatic rings. The van der Waals surface area contributed by atoms with Crippen molar-refractivity contribution in [2.24, 2.45) is 0 Å². The number of amides is 1. The van der Waals surface area contributed by atoms with E-state index < -0.39 is 67.5 Å². The smallest absolute Gasteiger partial charge is 0.426 e. The van der Waals surface area contributed by atoms with Crippen molar-refractivity contribution in [2.75, 3.05) is 102 Å². The number of piperazine rings is 2. The van der Waals surface area contributed by atoms with Crippen LogP contribution < -0.4 is 24.6 Å². The van der Waals surface area contributed by atoms with Gasteiger partial charge in [-0.3, -0.25) is 9.80 Å². The van der Waals surface area contributed by atoms with E-state index >= 15 is 0 Å². The minimum atomic E-state index is -5.85. The first-order valence-electron chi connectivity index (χ1n) is 21.6. The largest absolute Gasteiger partial charge is 0.573 e. The number of morpholine rings is 2. The van der Waals surface area contributed by atoms with Gasteiger partial charge in [0.15, 0.2) is 0 Å². The van der Waals surface area contributed by atoms with Crippen molar-refractivity contribution in [3.63, 3.8) is 0 Å². The van der Waals surface area contributed by atoms with Crippen LogP contribution in [0.25, 0.3) is 0 Å². The fourth-order valence-electron chi connectivity index (χ4n) is 7.58. The molecule has 4 fully saturated rings. The number of halogens is 18. The predicted molar refractivity (Wildman–Crippen MR) is 224 cm³/mol. The molecule has 0 aliphatic carbocycles. The van der Waals surface area contributed by atoms with Crippen LogP contribution in [0.5, 0.6) is 11.5 Å². The Kier molecular flexibility index (Phi) is 22.1. The molecule has 0 radical (unpaired) electrons. The number of alkyl halides is 18. The van der Waals surface area contributed by atoms with Crippen LogP contribution in [0.4, 0.5) is 95.2 Å². The van der Waals surface area contributed by atoms with Crippen LogP contribution in [0, 0.1) is 0 Å². The SMILES string of the molecule is C.C[C@@H]1CN(Cc2ccc(N3CCOCC3)cc2OC(F)(F)F)CCN1.C[C@@H]1CN(Cc2ccc(N3CCOCC3)cc2OC(F)(F)F)CCN1C(=O)OC(C(F)(F)F)C(F)(F)F.OC(C(F)(F)F)C(F)(F)F. The van der Waals surface area contributed by atoms with Crippen LogP contribution in [0.15, 0.2) is 36.4 Å². The maximum Gasteiger partial charge on any atom is 0.573 e. The Balaban J connectivity index is 0.000000335. The van der Waals surface area contributed by atoms with Crippen molar-refractivity contribution in [3.8, 4) is 11.5 Å². The van der Waals surface area contributed by atoms with Gasteiger partial charge in [0, 0.05) is 125 Å². The minimum absolute atomic E-state index is 0. The molecule has 2 N–H and O–H groups in total. The van der Waals surface area contributed by atoms with Gasteiger partial charge in [0.25, 0.3) is 6.10 Å². The minimum Gasteiger partial charge on any atom is -0.426 e. The van der Waals surface area contributed by atoms with Crippen molar-refractivity contribution in [1.82, 2.24) is 20.0 Å². The Labute approximate surface area is 406 Å². The molecule has 4 heterocycles. The van der Waals surface area contributed by atoms with Gasteiger partial charge in [-0.05, 0) is 26.0 Å². The molecular formula is C42H54F18N6O7. The summed E-state index contributed by atoms with van der Waals surface area (Å²) >= 11 is 0. The number of aliphatic hydroxyl groups excluding tert-OH is 1. The first kappa shape index (κ1) is 62.7. The Morgan fingerprint density at radius 3 is 1.37 bits per heavy atom. The average Bonchev–Trinajstić information content (AvgIpc) is 3.25. The number of carbonyl (C=O) groups is 1. The fraction of sp³-hybridized carbons (Fsp3) is 0.690. The summed E-state index contributed by atoms with van der Waals surface area (Å²) in [7, 11) is 0. The van der Waals surface area contributed by atoms with Crippen molar-refractivity contribution in [2.45, 2.75) is 96.1 Å². The van der Waals surface area contributed by atoms with Crippen LogP contribution in [0.3, 0.4) is 0 Å². The zero-order valence-corrected chi connectivity index (χ0v) is 38.0. The Morgan fingerprint density at radius 2 is 1.03 bits per heavy atom. The number of ether oxygens (including phenoxy) is 5. The molecule has 0 aromatic heterocycles. The van der Waals surface area contributed by atoms with Crippen LogP contribution in [-0.4, -0.2) is 179 Å². The van der Waals surface area contributed by atoms with Crippen molar-refractivity contribution >= 4 is 17.5 Å². The topological polar surface area (TPSA) is 112 Å². The molecule has 0 spiro atoms. The highest BCUT2D eigenvalue weighted by molar-refractivity contribution is 5.68. The molecule has 0 unspecified atom stereocenters. The zero-order valence-electron chi connectivity index (χ0n) is 38.0. The normalized spacial score (nSPS) is 20.1. The molecule has 0 saturated carbocycles. The van der Waals surface area contributed by atoms with Gasteiger partial charge in [0.05, 0.1) is 26.4 Å². The summed E-state index contributed by atoms with van der Waals surface area (Å²) in [6, 6.07) is 8.88. The maximum atomic E-state index is 13.1. The predicted octanol–water partition coefficient (Wildman–Crippen LogP) is 8.88. The lowest BCUT2D eigenvalue weighted by Gasteiger charge is -2.40. The standard InChI is InChI=1S/C21H24F9N3O4.C17H24F3N3O2.C3H2F6O.CH4/c1-13-11-31(4-5-33(13)18(34)36-17(19(22,23)24)20(25,26)27)12-14-2-3-15(32-6-8-35-9-7-32)10-16(14)37-21(28,29)30;1-13-11-22(5-4-21-13)12-14-2-3-15(23-6-8-24-9-7-23)10-16(14)25-17(18,19)20;4-2(5,6)1(10)3(7,8)9;/h2-3,10,13,17H,4-9,11-12H2,1H3;2-3,10,13,21H,4-9,11-12H2,1H3;1,10H;1H4/t2*13-;;/m11../s1. The average molecular weight is 1100 g/mol. The molecule has 1 amide bonds. The van der Waals surface area contributed by atoms with Gasteiger partial charge in [-0.25, -0.2) is 4.79 Å². The molecule has 73 heavy (non-hydrogen) atoms. The Hall–Kier alpha value is -4.59. The molecule has 420 valence electrons. The Morgan fingerprint density at radius 1 is 0.616 bits per heavy atom. The van der Waals surface area contributed by atoms with E-state index in [9.17, 15) is 83.8 Å². The summed E-state index contributed by atoms with van der Waals surface area (Å²) < 4.78 is 243. The number of benzene rings is 2. The zero-order chi connectivity index (χ0) is 54.0. The van der Waals surface area contributed by atoms with Crippen LogP contribution in [0.1, 0.15) is 32.4 Å². The first-order chi connectivity index (χ1) is 33.1. The van der Waals surface area contributed by atoms with E-state index in [1.165, 1.54) is 25.1 Å². The van der Waals surface area contributed by atoms with E-state index in [1.807, 2.05) is 15.9 Å². The number of nitrogens with one attached hydrogen (secondary N) is 1. The summed E-state index contributed by atoms with van der Waals surface area (Å²) in [6.45, 7) is 10.1. The molecule has 0 bridgehead atoms. The number of nitrogens with zero attached hydrogens (tertiary/aromatic N) is 5. The summed E-state index contributed by atoms with van der Waals surface area (Å²) in [5.41, 5.74) is 1.95. The molecule has 4 aliphatic rings. The van der Waals surface area contributed by atoms with Crippen molar-refractivity contribution < 1.29 is 113 Å². The van der Waals surface area contributed by atoms with Gasteiger partial charge in [0.2, 0.25) is 6.10 Å². The highest BCUT2D eigenvalue weighted by atomic mass is 19.4. The summed E-state index contributed by atoms with van der Waals surface area (Å²) in [4.78, 5) is 20.4. The molecule has 4 aliphatic heterocycles. The highest BCUT2D eigenvalue weighted by Crippen LogP contribution is 2.38. The fourth-order valence-corrected chi connectivity index (χ4v) is 7.58. The molecule has 13 nitrogen and oxygen atoms in total. The third kappa shape index (κ3) is 20.6. The molecule has 31 heteroatoms. The van der Waals surface area contributed by atoms with E-state index in [2.05, 4.69) is 31.4 Å². The number of hydrogen-bond donors (Lipinski definition) is 2. The monoisotopic (exact) mass is 1100 g/mol. The number of rotatable bonds is 9. The third-order valence-electron chi connectivity index (χ3n) is 10.9. The molecule has 6 rings (SSSR count). The second-order valence-electron chi connectivity index (χ2n) is 16.6. The van der Waals surface area contributed by atoms with Gasteiger partial charge >= 0.3 is 43.5 Å². The van der Waals surface area contributed by atoms with Gasteiger partial charge in [-0.15, -0.1) is 26.3 Å². The quantitative estimate of drug-likeness (QED) is 0.234. The summed E-state index contributed by atoms with van der Waals surface area (Å²) in [5.74, 6) is -0.549. The molecule has 2 atom stereocenters. The number of aliphatic hydroxyl groups is 1. The maximum absolute atomic E-state index is 13.1. The van der Waals surface area contributed by atoms with E-state index in [0.29, 0.717) is 76.4 Å². The Bertz CT molecular complexity index is 1980. The van der Waals surface area contributed by atoms with Crippen molar-refractivity contribution in [3.05, 3.63) is 47.5 Å². The number of hydrogen-bond acceptors (Lipinski definition) is 12. The number of anilines is 2. The lowest BCUT2D eigenvalue weighted by atomic mass is 10.1. The van der Waals surface area contributed by atoms with Crippen LogP contribution >= 0.6 is 0 Å². The van der Waals surface area contributed by atoms with Crippen LogP contribution in [0.2, 0.25) is 0 Å². The van der Waals surface area contributed by atoms with E-state index in [0.717, 1.165) is 30.2 Å². The molecule has 4 saturated heterocycles. The van der Waals surface area contributed by atoms with E-state index in [4.69, 9.17) is 14.6 Å². The number of carbonyl (C=O) groups excluding carboxylic acids is 1. The van der Waals surface area contributed by atoms with Gasteiger partial charge in [-0.2, -0.15) is 52.7 Å². The van der Waals surface area contributed by atoms with E-state index in [1.54, 1.807) is 17.0 Å². The third-order valence-corrected chi connectivity index (χ3v) is 10.9. The molecule has 2 aromatic carbocycles. The lowest BCUT2D eigenvalue weighted by Crippen LogP contribution is -2.56. The summed E-state index contributed by atoms with van der Waals surface area (Å²) in [6.07, 6.45) is -42.9. The lowest BCUT2D eigenvalue weighted by molar-refractivity contribution is -0.309. The first-order valence-corrected chi connectivity index (χ1v) is 21.6. The van der Waals surface area contributed by atoms with E-state index in [-0.39, 0.29) is 44.9 Å². The second-order valence-corrected chi connectivity index (χ2v) is 16.6.